The highest BCUT2D eigenvalue weighted by molar-refractivity contribution is 7.89. The van der Waals surface area contributed by atoms with E-state index in [4.69, 9.17) is 0 Å². The van der Waals surface area contributed by atoms with Crippen molar-refractivity contribution in [3.63, 3.8) is 0 Å². The van der Waals surface area contributed by atoms with Gasteiger partial charge in [0.25, 0.3) is 0 Å². The third-order valence-corrected chi connectivity index (χ3v) is 6.04. The zero-order valence-corrected chi connectivity index (χ0v) is 16.4. The standard InChI is InChI=1S/C22H20N4O2S/c27-29(28,20-14-8-3-9-15-20)23-16-22(19-12-6-2-7-13-19)26-17-21(24-25-26)18-10-4-1-5-11-18/h1-15,17,22-23H,16H2/t22-/m0/s1. The molecule has 0 spiro atoms. The van der Waals surface area contributed by atoms with E-state index in [1.165, 1.54) is 0 Å². The molecule has 6 nitrogen and oxygen atoms in total. The van der Waals surface area contributed by atoms with E-state index < -0.39 is 10.0 Å². The summed E-state index contributed by atoms with van der Waals surface area (Å²) in [7, 11) is -3.63. The van der Waals surface area contributed by atoms with E-state index >= 15 is 0 Å². The van der Waals surface area contributed by atoms with Crippen molar-refractivity contribution in [3.8, 4) is 11.3 Å². The Labute approximate surface area is 169 Å². The summed E-state index contributed by atoms with van der Waals surface area (Å²) in [6.45, 7) is 0.152. The van der Waals surface area contributed by atoms with Gasteiger partial charge in [-0.15, -0.1) is 5.10 Å². The first-order chi connectivity index (χ1) is 14.1. The molecular formula is C22H20N4O2S. The number of nitrogens with zero attached hydrogens (tertiary/aromatic N) is 3. The fourth-order valence-corrected chi connectivity index (χ4v) is 4.14. The van der Waals surface area contributed by atoms with Gasteiger partial charge in [0.15, 0.2) is 0 Å². The third-order valence-electron chi connectivity index (χ3n) is 4.60. The zero-order chi connectivity index (χ0) is 20.1. The van der Waals surface area contributed by atoms with Crippen LogP contribution in [0.25, 0.3) is 11.3 Å². The molecule has 0 amide bonds. The maximum absolute atomic E-state index is 12.7. The van der Waals surface area contributed by atoms with Gasteiger partial charge in [-0.1, -0.05) is 84.1 Å². The van der Waals surface area contributed by atoms with E-state index in [1.807, 2.05) is 66.9 Å². The van der Waals surface area contributed by atoms with Gasteiger partial charge in [0.1, 0.15) is 5.69 Å². The third kappa shape index (κ3) is 4.42. The number of sulfonamides is 1. The molecule has 29 heavy (non-hydrogen) atoms. The number of nitrogens with one attached hydrogen (secondary N) is 1. The summed E-state index contributed by atoms with van der Waals surface area (Å²) in [5.74, 6) is 0. The van der Waals surface area contributed by atoms with Gasteiger partial charge >= 0.3 is 0 Å². The normalized spacial score (nSPS) is 12.6. The second kappa shape index (κ2) is 8.38. The minimum atomic E-state index is -3.63. The van der Waals surface area contributed by atoms with Crippen molar-refractivity contribution in [1.82, 2.24) is 19.7 Å². The first-order valence-electron chi connectivity index (χ1n) is 9.20. The monoisotopic (exact) mass is 404 g/mol. The number of hydrogen-bond acceptors (Lipinski definition) is 4. The largest absolute Gasteiger partial charge is 0.243 e. The Morgan fingerprint density at radius 3 is 2.07 bits per heavy atom. The Balaban J connectivity index is 1.63. The van der Waals surface area contributed by atoms with Crippen LogP contribution < -0.4 is 4.72 Å². The Morgan fingerprint density at radius 1 is 0.828 bits per heavy atom. The molecule has 0 aliphatic rings. The average molecular weight is 404 g/mol. The highest BCUT2D eigenvalue weighted by Gasteiger charge is 2.20. The Kier molecular flexibility index (Phi) is 5.50. The van der Waals surface area contributed by atoms with Crippen LogP contribution in [0.3, 0.4) is 0 Å². The van der Waals surface area contributed by atoms with Gasteiger partial charge in [0, 0.05) is 12.1 Å². The second-order valence-corrected chi connectivity index (χ2v) is 8.31. The minimum Gasteiger partial charge on any atom is -0.243 e. The molecule has 7 heteroatoms. The van der Waals surface area contributed by atoms with Crippen molar-refractivity contribution >= 4 is 10.0 Å². The molecule has 0 bridgehead atoms. The minimum absolute atomic E-state index is 0.152. The lowest BCUT2D eigenvalue weighted by atomic mass is 10.1. The molecular weight excluding hydrogens is 384 g/mol. The predicted octanol–water partition coefficient (Wildman–Crippen LogP) is 3.51. The second-order valence-electron chi connectivity index (χ2n) is 6.54. The van der Waals surface area contributed by atoms with Crippen molar-refractivity contribution in [2.45, 2.75) is 10.9 Å². The van der Waals surface area contributed by atoms with Crippen LogP contribution in [0, 0.1) is 0 Å². The topological polar surface area (TPSA) is 76.9 Å². The molecule has 0 saturated carbocycles. The van der Waals surface area contributed by atoms with Gasteiger partial charge in [-0.25, -0.2) is 17.8 Å². The molecule has 0 saturated heterocycles. The van der Waals surface area contributed by atoms with E-state index in [9.17, 15) is 8.42 Å². The molecule has 1 heterocycles. The Hall–Kier alpha value is -3.29. The maximum atomic E-state index is 12.7. The van der Waals surface area contributed by atoms with E-state index in [0.29, 0.717) is 0 Å². The SMILES string of the molecule is O=S(=O)(NC[C@@H](c1ccccc1)n1cc(-c2ccccc2)nn1)c1ccccc1. The average Bonchev–Trinajstić information content (AvgIpc) is 3.26. The molecule has 0 fully saturated rings. The van der Waals surface area contributed by atoms with Crippen molar-refractivity contribution in [2.24, 2.45) is 0 Å². The van der Waals surface area contributed by atoms with Gasteiger partial charge in [0.2, 0.25) is 10.0 Å². The zero-order valence-electron chi connectivity index (χ0n) is 15.6. The Bertz CT molecular complexity index is 1160. The molecule has 0 unspecified atom stereocenters. The van der Waals surface area contributed by atoms with Gasteiger partial charge in [-0.05, 0) is 17.7 Å². The van der Waals surface area contributed by atoms with Crippen LogP contribution >= 0.6 is 0 Å². The molecule has 0 radical (unpaired) electrons. The van der Waals surface area contributed by atoms with Crippen molar-refractivity contribution in [2.75, 3.05) is 6.54 Å². The van der Waals surface area contributed by atoms with E-state index in [0.717, 1.165) is 16.8 Å². The molecule has 1 aromatic heterocycles. The lowest BCUT2D eigenvalue weighted by molar-refractivity contribution is 0.492. The fraction of sp³-hybridized carbons (Fsp3) is 0.0909. The number of rotatable bonds is 7. The highest BCUT2D eigenvalue weighted by Crippen LogP contribution is 2.21. The van der Waals surface area contributed by atoms with Crippen molar-refractivity contribution < 1.29 is 8.42 Å². The first kappa shape index (κ1) is 19.0. The lowest BCUT2D eigenvalue weighted by Crippen LogP contribution is -2.31. The maximum Gasteiger partial charge on any atom is 0.240 e. The lowest BCUT2D eigenvalue weighted by Gasteiger charge is -2.18. The van der Waals surface area contributed by atoms with Gasteiger partial charge in [-0.3, -0.25) is 0 Å². The van der Waals surface area contributed by atoms with Crippen LogP contribution in [0.4, 0.5) is 0 Å². The summed E-state index contributed by atoms with van der Waals surface area (Å²) in [5.41, 5.74) is 2.63. The molecule has 1 N–H and O–H groups in total. The van der Waals surface area contributed by atoms with Crippen LogP contribution in [-0.2, 0) is 10.0 Å². The number of benzene rings is 3. The molecule has 4 aromatic rings. The molecule has 3 aromatic carbocycles. The summed E-state index contributed by atoms with van der Waals surface area (Å²) < 4.78 is 29.7. The Morgan fingerprint density at radius 2 is 1.41 bits per heavy atom. The summed E-state index contributed by atoms with van der Waals surface area (Å²) in [6, 6.07) is 27.4. The predicted molar refractivity (Wildman–Crippen MR) is 112 cm³/mol. The summed E-state index contributed by atoms with van der Waals surface area (Å²) >= 11 is 0. The highest BCUT2D eigenvalue weighted by atomic mass is 32.2. The van der Waals surface area contributed by atoms with E-state index in [2.05, 4.69) is 15.0 Å². The number of hydrogen-bond donors (Lipinski definition) is 1. The van der Waals surface area contributed by atoms with E-state index in [1.54, 1.807) is 35.0 Å². The van der Waals surface area contributed by atoms with Gasteiger partial charge in [0.05, 0.1) is 17.1 Å². The van der Waals surface area contributed by atoms with Crippen LogP contribution in [0.5, 0.6) is 0 Å². The van der Waals surface area contributed by atoms with Crippen molar-refractivity contribution in [3.05, 3.63) is 103 Å². The molecule has 146 valence electrons. The summed E-state index contributed by atoms with van der Waals surface area (Å²) in [6.07, 6.45) is 1.84. The van der Waals surface area contributed by atoms with Gasteiger partial charge < -0.3 is 0 Å². The quantitative estimate of drug-likeness (QED) is 0.511. The van der Waals surface area contributed by atoms with Crippen LogP contribution in [0.1, 0.15) is 11.6 Å². The van der Waals surface area contributed by atoms with Crippen molar-refractivity contribution in [1.29, 1.82) is 0 Å². The van der Waals surface area contributed by atoms with Crippen LogP contribution in [0.15, 0.2) is 102 Å². The molecule has 1 atom stereocenters. The first-order valence-corrected chi connectivity index (χ1v) is 10.7. The molecule has 0 aliphatic heterocycles. The van der Waals surface area contributed by atoms with Crippen LogP contribution in [0.2, 0.25) is 0 Å². The van der Waals surface area contributed by atoms with E-state index in [-0.39, 0.29) is 17.5 Å². The van der Waals surface area contributed by atoms with Crippen LogP contribution in [-0.4, -0.2) is 30.0 Å². The summed E-state index contributed by atoms with van der Waals surface area (Å²) in [4.78, 5) is 0.232. The smallest absolute Gasteiger partial charge is 0.240 e. The summed E-state index contributed by atoms with van der Waals surface area (Å²) in [5, 5.41) is 8.55. The number of aromatic nitrogens is 3. The molecule has 4 rings (SSSR count). The van der Waals surface area contributed by atoms with Gasteiger partial charge in [-0.2, -0.15) is 0 Å². The fourth-order valence-electron chi connectivity index (χ4n) is 3.08. The molecule has 0 aliphatic carbocycles.